The van der Waals surface area contributed by atoms with Gasteiger partial charge in [0.15, 0.2) is 0 Å². The average molecular weight is 306 g/mol. The summed E-state index contributed by atoms with van der Waals surface area (Å²) in [6, 6.07) is 9.28. The second-order valence-corrected chi connectivity index (χ2v) is 5.31. The van der Waals surface area contributed by atoms with Crippen LogP contribution >= 0.6 is 12.2 Å². The Labute approximate surface area is 128 Å². The molecule has 0 radical (unpaired) electrons. The third-order valence-electron chi connectivity index (χ3n) is 3.09. The second-order valence-electron chi connectivity index (χ2n) is 4.87. The van der Waals surface area contributed by atoms with Gasteiger partial charge in [-0.3, -0.25) is 0 Å². The highest BCUT2D eigenvalue weighted by atomic mass is 32.1. The van der Waals surface area contributed by atoms with E-state index in [1.165, 1.54) is 12.1 Å². The van der Waals surface area contributed by atoms with E-state index >= 15 is 0 Å². The fourth-order valence-corrected chi connectivity index (χ4v) is 2.28. The maximum Gasteiger partial charge on any atom is 0.126 e. The maximum absolute atomic E-state index is 13.1. The molecule has 21 heavy (non-hydrogen) atoms. The predicted molar refractivity (Wildman–Crippen MR) is 85.6 cm³/mol. The largest absolute Gasteiger partial charge is 0.389 e. The SMILES string of the molecule is Cc1ccc(NCCc2cc(F)cc(F)c2)c(C(N)=S)c1. The quantitative estimate of drug-likeness (QED) is 0.830. The van der Waals surface area contributed by atoms with Crippen molar-refractivity contribution < 1.29 is 8.78 Å². The van der Waals surface area contributed by atoms with Gasteiger partial charge >= 0.3 is 0 Å². The molecule has 2 aromatic rings. The Morgan fingerprint density at radius 3 is 2.43 bits per heavy atom. The number of nitrogens with two attached hydrogens (primary N) is 1. The van der Waals surface area contributed by atoms with E-state index in [0.717, 1.165) is 22.9 Å². The third-order valence-corrected chi connectivity index (χ3v) is 3.31. The molecule has 2 rings (SSSR count). The average Bonchev–Trinajstić information content (AvgIpc) is 2.39. The molecule has 3 N–H and O–H groups in total. The number of thiocarbonyl (C=S) groups is 1. The van der Waals surface area contributed by atoms with Gasteiger partial charge in [-0.05, 0) is 43.2 Å². The minimum atomic E-state index is -0.566. The zero-order chi connectivity index (χ0) is 15.4. The van der Waals surface area contributed by atoms with E-state index in [-0.39, 0.29) is 0 Å². The molecular weight excluding hydrogens is 290 g/mol. The Morgan fingerprint density at radius 2 is 1.81 bits per heavy atom. The fraction of sp³-hybridized carbons (Fsp3) is 0.188. The van der Waals surface area contributed by atoms with Crippen molar-refractivity contribution >= 4 is 22.9 Å². The van der Waals surface area contributed by atoms with Crippen LogP contribution in [-0.2, 0) is 6.42 Å². The first kappa shape index (κ1) is 15.4. The van der Waals surface area contributed by atoms with Gasteiger partial charge in [-0.2, -0.15) is 0 Å². The molecule has 0 atom stereocenters. The van der Waals surface area contributed by atoms with Crippen LogP contribution in [0.15, 0.2) is 36.4 Å². The first-order valence-corrected chi connectivity index (χ1v) is 6.96. The Bertz CT molecular complexity index is 651. The van der Waals surface area contributed by atoms with Crippen molar-refractivity contribution in [3.63, 3.8) is 0 Å². The van der Waals surface area contributed by atoms with Crippen LogP contribution in [0.1, 0.15) is 16.7 Å². The summed E-state index contributed by atoms with van der Waals surface area (Å²) in [6.07, 6.45) is 0.499. The number of hydrogen-bond acceptors (Lipinski definition) is 2. The van der Waals surface area contributed by atoms with E-state index in [1.54, 1.807) is 0 Å². The van der Waals surface area contributed by atoms with Gasteiger partial charge in [0, 0.05) is 23.9 Å². The summed E-state index contributed by atoms with van der Waals surface area (Å²) < 4.78 is 26.2. The molecule has 2 nitrogen and oxygen atoms in total. The molecule has 0 amide bonds. The van der Waals surface area contributed by atoms with Crippen molar-refractivity contribution in [2.75, 3.05) is 11.9 Å². The van der Waals surface area contributed by atoms with Crippen molar-refractivity contribution in [2.45, 2.75) is 13.3 Å². The number of rotatable bonds is 5. The molecule has 0 aromatic heterocycles. The summed E-state index contributed by atoms with van der Waals surface area (Å²) in [5.41, 5.74) is 8.96. The molecule has 0 unspecified atom stereocenters. The molecule has 2 aromatic carbocycles. The summed E-state index contributed by atoms with van der Waals surface area (Å²) in [7, 11) is 0. The number of benzene rings is 2. The van der Waals surface area contributed by atoms with E-state index < -0.39 is 11.6 Å². The van der Waals surface area contributed by atoms with Crippen LogP contribution in [0.3, 0.4) is 0 Å². The molecule has 0 spiro atoms. The minimum Gasteiger partial charge on any atom is -0.389 e. The lowest BCUT2D eigenvalue weighted by atomic mass is 10.1. The lowest BCUT2D eigenvalue weighted by Gasteiger charge is -2.12. The Morgan fingerprint density at radius 1 is 1.14 bits per heavy atom. The molecule has 0 fully saturated rings. The van der Waals surface area contributed by atoms with Gasteiger partial charge in [0.2, 0.25) is 0 Å². The summed E-state index contributed by atoms with van der Waals surface area (Å²) in [4.78, 5) is 0.318. The van der Waals surface area contributed by atoms with Crippen molar-refractivity contribution in [2.24, 2.45) is 5.73 Å². The van der Waals surface area contributed by atoms with Gasteiger partial charge in [-0.25, -0.2) is 8.78 Å². The number of halogens is 2. The Balaban J connectivity index is 2.05. The first-order valence-electron chi connectivity index (χ1n) is 6.55. The summed E-state index contributed by atoms with van der Waals surface area (Å²) in [5.74, 6) is -1.13. The molecule has 110 valence electrons. The standard InChI is InChI=1S/C16H16F2N2S/c1-10-2-3-15(14(6-10)16(19)21)20-5-4-11-7-12(17)9-13(18)8-11/h2-3,6-9,20H,4-5H2,1H3,(H2,19,21). The van der Waals surface area contributed by atoms with Gasteiger partial charge in [-0.1, -0.05) is 23.8 Å². The van der Waals surface area contributed by atoms with E-state index in [9.17, 15) is 8.78 Å². The van der Waals surface area contributed by atoms with Crippen LogP contribution in [0, 0.1) is 18.6 Å². The van der Waals surface area contributed by atoms with Crippen molar-refractivity contribution in [3.05, 3.63) is 64.7 Å². The molecule has 0 aliphatic rings. The second kappa shape index (κ2) is 6.63. The highest BCUT2D eigenvalue weighted by Gasteiger charge is 2.06. The number of nitrogens with one attached hydrogen (secondary N) is 1. The molecule has 0 bridgehead atoms. The molecule has 0 aliphatic carbocycles. The third kappa shape index (κ3) is 4.23. The van der Waals surface area contributed by atoms with Crippen molar-refractivity contribution in [1.29, 1.82) is 0 Å². The van der Waals surface area contributed by atoms with E-state index in [2.05, 4.69) is 5.32 Å². The van der Waals surface area contributed by atoms with Crippen molar-refractivity contribution in [1.82, 2.24) is 0 Å². The van der Waals surface area contributed by atoms with Gasteiger partial charge in [0.25, 0.3) is 0 Å². The molecule has 0 saturated heterocycles. The Hall–Kier alpha value is -2.01. The highest BCUT2D eigenvalue weighted by Crippen LogP contribution is 2.17. The number of hydrogen-bond donors (Lipinski definition) is 2. The highest BCUT2D eigenvalue weighted by molar-refractivity contribution is 7.80. The van der Waals surface area contributed by atoms with Crippen LogP contribution in [0.25, 0.3) is 0 Å². The normalized spacial score (nSPS) is 10.4. The van der Waals surface area contributed by atoms with Crippen LogP contribution in [-0.4, -0.2) is 11.5 Å². The van der Waals surface area contributed by atoms with E-state index in [4.69, 9.17) is 18.0 Å². The van der Waals surface area contributed by atoms with Gasteiger partial charge in [0.1, 0.15) is 16.6 Å². The monoisotopic (exact) mass is 306 g/mol. The molecular formula is C16H16F2N2S. The van der Waals surface area contributed by atoms with Crippen LogP contribution in [0.2, 0.25) is 0 Å². The number of anilines is 1. The van der Waals surface area contributed by atoms with Crippen LogP contribution < -0.4 is 11.1 Å². The first-order chi connectivity index (χ1) is 9.95. The zero-order valence-electron chi connectivity index (χ0n) is 11.6. The van der Waals surface area contributed by atoms with Gasteiger partial charge < -0.3 is 11.1 Å². The fourth-order valence-electron chi connectivity index (χ4n) is 2.11. The molecule has 5 heteroatoms. The van der Waals surface area contributed by atoms with Gasteiger partial charge in [0.05, 0.1) is 0 Å². The topological polar surface area (TPSA) is 38.0 Å². The molecule has 0 aliphatic heterocycles. The molecule has 0 heterocycles. The summed E-state index contributed by atoms with van der Waals surface area (Å²) in [5, 5.41) is 3.20. The van der Waals surface area contributed by atoms with Gasteiger partial charge in [-0.15, -0.1) is 0 Å². The minimum absolute atomic E-state index is 0.318. The zero-order valence-corrected chi connectivity index (χ0v) is 12.4. The van der Waals surface area contributed by atoms with E-state index in [0.29, 0.717) is 23.5 Å². The van der Waals surface area contributed by atoms with Crippen LogP contribution in [0.5, 0.6) is 0 Å². The lowest BCUT2D eigenvalue weighted by molar-refractivity contribution is 0.580. The molecule has 0 saturated carbocycles. The van der Waals surface area contributed by atoms with Crippen molar-refractivity contribution in [3.8, 4) is 0 Å². The maximum atomic E-state index is 13.1. The summed E-state index contributed by atoms with van der Waals surface area (Å²) >= 11 is 5.03. The number of aryl methyl sites for hydroxylation is 1. The smallest absolute Gasteiger partial charge is 0.126 e. The lowest BCUT2D eigenvalue weighted by Crippen LogP contribution is -2.15. The predicted octanol–water partition coefficient (Wildman–Crippen LogP) is 3.56. The summed E-state index contributed by atoms with van der Waals surface area (Å²) in [6.45, 7) is 2.49. The van der Waals surface area contributed by atoms with E-state index in [1.807, 2.05) is 25.1 Å². The Kier molecular flexibility index (Phi) is 4.85. The van der Waals surface area contributed by atoms with Crippen LogP contribution in [0.4, 0.5) is 14.5 Å².